The summed E-state index contributed by atoms with van der Waals surface area (Å²) < 4.78 is 29.7. The summed E-state index contributed by atoms with van der Waals surface area (Å²) in [5, 5.41) is 2.31. The topological polar surface area (TPSA) is 64.3 Å². The number of Topliss-reactive ketones (excluding diaryl/α,β-unsaturated/α-hetero) is 1. The van der Waals surface area contributed by atoms with E-state index in [0.717, 1.165) is 11.3 Å². The van der Waals surface area contributed by atoms with Crippen LogP contribution in [0, 0.1) is 0 Å². The van der Waals surface area contributed by atoms with Gasteiger partial charge in [0, 0.05) is 5.39 Å². The van der Waals surface area contributed by atoms with Crippen molar-refractivity contribution in [3.63, 3.8) is 0 Å². The van der Waals surface area contributed by atoms with Crippen molar-refractivity contribution < 1.29 is 17.6 Å². The lowest BCUT2D eigenvalue weighted by molar-refractivity contribution is 0.102. The summed E-state index contributed by atoms with van der Waals surface area (Å²) >= 11 is 1.11. The van der Waals surface area contributed by atoms with Crippen molar-refractivity contribution in [2.24, 2.45) is 0 Å². The zero-order chi connectivity index (χ0) is 14.2. The number of rotatable bonds is 4. The van der Waals surface area contributed by atoms with Gasteiger partial charge in [0.2, 0.25) is 0 Å². The molecule has 0 atom stereocenters. The van der Waals surface area contributed by atoms with Crippen molar-refractivity contribution in [3.05, 3.63) is 53.6 Å². The zero-order valence-corrected chi connectivity index (χ0v) is 11.9. The molecule has 4 nitrogen and oxygen atoms in total. The maximum atomic E-state index is 12.2. The number of benzene rings is 1. The van der Waals surface area contributed by atoms with E-state index in [4.69, 9.17) is 4.42 Å². The molecule has 2 aromatic heterocycles. The molecule has 3 aromatic rings. The van der Waals surface area contributed by atoms with Crippen LogP contribution in [0.1, 0.15) is 10.4 Å². The van der Waals surface area contributed by atoms with Gasteiger partial charge in [0.25, 0.3) is 0 Å². The highest BCUT2D eigenvalue weighted by Gasteiger charge is 2.23. The van der Waals surface area contributed by atoms with Crippen molar-refractivity contribution in [2.75, 3.05) is 5.75 Å². The van der Waals surface area contributed by atoms with Gasteiger partial charge in [0.05, 0.1) is 5.56 Å². The molecule has 3 rings (SSSR count). The number of para-hydroxylation sites is 1. The number of thiophene rings is 1. The van der Waals surface area contributed by atoms with E-state index in [0.29, 0.717) is 16.5 Å². The largest absolute Gasteiger partial charge is 0.464 e. The first-order valence-electron chi connectivity index (χ1n) is 5.83. The number of sulfone groups is 1. The normalized spacial score (nSPS) is 11.8. The van der Waals surface area contributed by atoms with Crippen LogP contribution in [-0.4, -0.2) is 20.0 Å². The van der Waals surface area contributed by atoms with E-state index >= 15 is 0 Å². The van der Waals surface area contributed by atoms with Crippen molar-refractivity contribution >= 4 is 37.9 Å². The molecule has 6 heteroatoms. The molecule has 0 saturated carbocycles. The minimum atomic E-state index is -3.58. The Morgan fingerprint density at radius 2 is 1.95 bits per heavy atom. The zero-order valence-electron chi connectivity index (χ0n) is 10.3. The summed E-state index contributed by atoms with van der Waals surface area (Å²) in [6.07, 6.45) is 1.32. The minimum Gasteiger partial charge on any atom is -0.464 e. The molecule has 0 N–H and O–H groups in total. The fourth-order valence-corrected chi connectivity index (χ4v) is 4.26. The van der Waals surface area contributed by atoms with Crippen LogP contribution in [0.4, 0.5) is 0 Å². The van der Waals surface area contributed by atoms with Crippen molar-refractivity contribution in [3.8, 4) is 0 Å². The van der Waals surface area contributed by atoms with Crippen LogP contribution in [0.15, 0.2) is 56.7 Å². The van der Waals surface area contributed by atoms with E-state index in [9.17, 15) is 13.2 Å². The average molecular weight is 306 g/mol. The van der Waals surface area contributed by atoms with Crippen molar-refractivity contribution in [1.82, 2.24) is 0 Å². The molecular formula is C14H10O4S2. The molecule has 0 spiro atoms. The van der Waals surface area contributed by atoms with Gasteiger partial charge in [-0.15, -0.1) is 11.3 Å². The third-order valence-corrected chi connectivity index (χ3v) is 6.01. The SMILES string of the molecule is O=C(CS(=O)(=O)c1cccs1)c1coc2ccccc12. The van der Waals surface area contributed by atoms with Gasteiger partial charge < -0.3 is 4.42 Å². The van der Waals surface area contributed by atoms with Gasteiger partial charge in [-0.25, -0.2) is 8.42 Å². The fourth-order valence-electron chi connectivity index (χ4n) is 1.96. The highest BCUT2D eigenvalue weighted by molar-refractivity contribution is 7.94. The predicted molar refractivity (Wildman–Crippen MR) is 76.9 cm³/mol. The van der Waals surface area contributed by atoms with Gasteiger partial charge >= 0.3 is 0 Å². The second kappa shape index (κ2) is 4.88. The number of ketones is 1. The van der Waals surface area contributed by atoms with Crippen LogP contribution in [0.5, 0.6) is 0 Å². The van der Waals surface area contributed by atoms with Gasteiger partial charge in [-0.1, -0.05) is 24.3 Å². The average Bonchev–Trinajstić information content (AvgIpc) is 3.08. The van der Waals surface area contributed by atoms with Crippen LogP contribution >= 0.6 is 11.3 Å². The standard InChI is InChI=1S/C14H10O4S2/c15-12(9-20(16,17)14-6-3-7-19-14)11-8-18-13-5-2-1-4-10(11)13/h1-8H,9H2. The van der Waals surface area contributed by atoms with Crippen molar-refractivity contribution in [1.29, 1.82) is 0 Å². The van der Waals surface area contributed by atoms with Crippen LogP contribution in [0.2, 0.25) is 0 Å². The maximum absolute atomic E-state index is 12.2. The Morgan fingerprint density at radius 1 is 1.15 bits per heavy atom. The summed E-state index contributed by atoms with van der Waals surface area (Å²) in [7, 11) is -3.58. The van der Waals surface area contributed by atoms with Crippen LogP contribution in [-0.2, 0) is 9.84 Å². The van der Waals surface area contributed by atoms with E-state index in [1.165, 1.54) is 12.3 Å². The molecule has 1 aromatic carbocycles. The van der Waals surface area contributed by atoms with Gasteiger partial charge in [-0.2, -0.15) is 0 Å². The number of carbonyl (C=O) groups is 1. The van der Waals surface area contributed by atoms with Crippen LogP contribution in [0.3, 0.4) is 0 Å². The van der Waals surface area contributed by atoms with Crippen molar-refractivity contribution in [2.45, 2.75) is 4.21 Å². The molecule has 0 aliphatic carbocycles. The second-order valence-electron chi connectivity index (χ2n) is 4.26. The Hall–Kier alpha value is -1.92. The lowest BCUT2D eigenvalue weighted by Crippen LogP contribution is -2.15. The van der Waals surface area contributed by atoms with E-state index in [2.05, 4.69) is 0 Å². The number of furan rings is 1. The number of carbonyl (C=O) groups excluding carboxylic acids is 1. The summed E-state index contributed by atoms with van der Waals surface area (Å²) in [5.74, 6) is -1.000. The van der Waals surface area contributed by atoms with Crippen LogP contribution < -0.4 is 0 Å². The van der Waals surface area contributed by atoms with Gasteiger partial charge in [0.1, 0.15) is 21.8 Å². The summed E-state index contributed by atoms with van der Waals surface area (Å²) in [4.78, 5) is 12.2. The van der Waals surface area contributed by atoms with E-state index in [1.807, 2.05) is 0 Å². The molecule has 0 aliphatic rings. The molecule has 2 heterocycles. The Morgan fingerprint density at radius 3 is 2.70 bits per heavy atom. The second-order valence-corrected chi connectivity index (χ2v) is 7.42. The molecule has 20 heavy (non-hydrogen) atoms. The predicted octanol–water partition coefficient (Wildman–Crippen LogP) is 3.15. The Labute approximate surface area is 119 Å². The molecule has 0 unspecified atom stereocenters. The highest BCUT2D eigenvalue weighted by Crippen LogP contribution is 2.23. The Balaban J connectivity index is 1.94. The number of fused-ring (bicyclic) bond motifs is 1. The van der Waals surface area contributed by atoms with Crippen LogP contribution in [0.25, 0.3) is 11.0 Å². The molecule has 0 amide bonds. The lowest BCUT2D eigenvalue weighted by Gasteiger charge is -2.00. The van der Waals surface area contributed by atoms with E-state index < -0.39 is 21.4 Å². The summed E-state index contributed by atoms with van der Waals surface area (Å²) in [6.45, 7) is 0. The minimum absolute atomic E-state index is 0.207. The van der Waals surface area contributed by atoms with Gasteiger partial charge in [-0.05, 0) is 17.5 Å². The van der Waals surface area contributed by atoms with E-state index in [-0.39, 0.29) is 4.21 Å². The third kappa shape index (κ3) is 2.28. The summed E-state index contributed by atoms with van der Waals surface area (Å²) in [5.41, 5.74) is 0.880. The van der Waals surface area contributed by atoms with Gasteiger partial charge in [0.15, 0.2) is 15.6 Å². The third-order valence-electron chi connectivity index (χ3n) is 2.90. The molecule has 102 valence electrons. The Bertz CT molecular complexity index is 858. The first-order chi connectivity index (χ1) is 9.58. The Kier molecular flexibility index (Phi) is 3.19. The monoisotopic (exact) mass is 306 g/mol. The summed E-state index contributed by atoms with van der Waals surface area (Å²) in [6, 6.07) is 10.2. The molecule has 0 aliphatic heterocycles. The fraction of sp³-hybridized carbons (Fsp3) is 0.0714. The maximum Gasteiger partial charge on any atom is 0.195 e. The molecule has 0 fully saturated rings. The van der Waals surface area contributed by atoms with Gasteiger partial charge in [-0.3, -0.25) is 4.79 Å². The first-order valence-corrected chi connectivity index (χ1v) is 8.37. The van der Waals surface area contributed by atoms with E-state index in [1.54, 1.807) is 35.7 Å². The molecule has 0 saturated heterocycles. The molecule has 0 bridgehead atoms. The smallest absolute Gasteiger partial charge is 0.195 e. The first kappa shape index (κ1) is 13.1. The molecule has 0 radical (unpaired) electrons. The molecular weight excluding hydrogens is 296 g/mol. The highest BCUT2D eigenvalue weighted by atomic mass is 32.2. The quantitative estimate of drug-likeness (QED) is 0.695. The lowest BCUT2D eigenvalue weighted by atomic mass is 10.1. The number of hydrogen-bond acceptors (Lipinski definition) is 5. The number of hydrogen-bond donors (Lipinski definition) is 0.